The number of rotatable bonds is 3. The van der Waals surface area contributed by atoms with Crippen LogP contribution in [0.15, 0.2) is 109 Å². The molecule has 6 rings (SSSR count). The van der Waals surface area contributed by atoms with E-state index in [9.17, 15) is 0 Å². The summed E-state index contributed by atoms with van der Waals surface area (Å²) < 4.78 is 0. The molecule has 176 valence electrons. The molecule has 0 bridgehead atoms. The molecule has 0 amide bonds. The second kappa shape index (κ2) is 8.24. The lowest BCUT2D eigenvalue weighted by Crippen LogP contribution is -2.62. The first-order valence-corrected chi connectivity index (χ1v) is 13.1. The van der Waals surface area contributed by atoms with E-state index in [0.29, 0.717) is 0 Å². The van der Waals surface area contributed by atoms with Crippen molar-refractivity contribution in [3.63, 3.8) is 0 Å². The second-order valence-electron chi connectivity index (χ2n) is 11.6. The third-order valence-electron chi connectivity index (χ3n) is 8.52. The van der Waals surface area contributed by atoms with E-state index in [1.165, 1.54) is 55.2 Å². The van der Waals surface area contributed by atoms with Gasteiger partial charge in [-0.05, 0) is 61.7 Å². The molecule has 0 fully saturated rings. The first kappa shape index (κ1) is 22.9. The Bertz CT molecular complexity index is 1520. The van der Waals surface area contributed by atoms with Gasteiger partial charge in [0.05, 0.1) is 0 Å². The van der Waals surface area contributed by atoms with Gasteiger partial charge in [-0.2, -0.15) is 0 Å². The summed E-state index contributed by atoms with van der Waals surface area (Å²) in [6.07, 6.45) is 0. The molecule has 0 unspecified atom stereocenters. The highest BCUT2D eigenvalue weighted by atomic mass is 14.4. The zero-order chi connectivity index (χ0) is 25.1. The Morgan fingerprint density at radius 1 is 0.528 bits per heavy atom. The van der Waals surface area contributed by atoms with Crippen LogP contribution in [0.2, 0.25) is 0 Å². The van der Waals surface area contributed by atoms with Crippen LogP contribution >= 0.6 is 0 Å². The largest absolute Gasteiger partial charge is 0.198 e. The summed E-state index contributed by atoms with van der Waals surface area (Å²) in [5, 5.41) is 2.67. The van der Waals surface area contributed by atoms with Gasteiger partial charge in [-0.15, -0.1) is 0 Å². The normalized spacial score (nSPS) is 15.8. The molecule has 1 aliphatic heterocycles. The van der Waals surface area contributed by atoms with Gasteiger partial charge in [0.25, 0.3) is 0 Å². The van der Waals surface area contributed by atoms with E-state index in [1.54, 1.807) is 0 Å². The summed E-state index contributed by atoms with van der Waals surface area (Å²) in [4.78, 5) is 0. The van der Waals surface area contributed by atoms with E-state index in [0.717, 1.165) is 0 Å². The van der Waals surface area contributed by atoms with Crippen LogP contribution in [0.5, 0.6) is 0 Å². The highest BCUT2D eigenvalue weighted by Crippen LogP contribution is 2.49. The lowest BCUT2D eigenvalue weighted by Gasteiger charge is -2.49. The molecular formula is C35H33B. The average molecular weight is 464 g/mol. The van der Waals surface area contributed by atoms with E-state index in [1.807, 2.05) is 0 Å². The highest BCUT2D eigenvalue weighted by Gasteiger charge is 2.52. The lowest BCUT2D eigenvalue weighted by molar-refractivity contribution is 0.636. The Morgan fingerprint density at radius 2 is 1.06 bits per heavy atom. The minimum Gasteiger partial charge on any atom is -0.0628 e. The summed E-state index contributed by atoms with van der Waals surface area (Å²) in [7, 11) is 0. The van der Waals surface area contributed by atoms with Crippen molar-refractivity contribution in [3.05, 3.63) is 126 Å². The Morgan fingerprint density at radius 3 is 1.64 bits per heavy atom. The zero-order valence-corrected chi connectivity index (χ0v) is 22.0. The second-order valence-corrected chi connectivity index (χ2v) is 11.6. The van der Waals surface area contributed by atoms with Gasteiger partial charge in [0, 0.05) is 0 Å². The minimum absolute atomic E-state index is 0.0698. The maximum atomic E-state index is 2.47. The van der Waals surface area contributed by atoms with Crippen molar-refractivity contribution in [1.29, 1.82) is 0 Å². The van der Waals surface area contributed by atoms with Crippen molar-refractivity contribution < 1.29 is 0 Å². The van der Waals surface area contributed by atoms with Gasteiger partial charge in [0.2, 0.25) is 0 Å². The number of hydrogen-bond acceptors (Lipinski definition) is 0. The van der Waals surface area contributed by atoms with Crippen LogP contribution in [0.4, 0.5) is 0 Å². The van der Waals surface area contributed by atoms with Crippen LogP contribution in [0, 0.1) is 6.92 Å². The number of aryl methyl sites for hydroxylation is 1. The van der Waals surface area contributed by atoms with Crippen molar-refractivity contribution in [2.24, 2.45) is 0 Å². The monoisotopic (exact) mass is 464 g/mol. The van der Waals surface area contributed by atoms with Crippen LogP contribution in [0.25, 0.3) is 33.0 Å². The van der Waals surface area contributed by atoms with Crippen molar-refractivity contribution in [2.45, 2.75) is 45.2 Å². The van der Waals surface area contributed by atoms with E-state index in [-0.39, 0.29) is 17.3 Å². The van der Waals surface area contributed by atoms with Gasteiger partial charge in [-0.3, -0.25) is 0 Å². The van der Waals surface area contributed by atoms with E-state index < -0.39 is 0 Å². The third-order valence-corrected chi connectivity index (χ3v) is 8.52. The van der Waals surface area contributed by atoms with Crippen LogP contribution in [0.1, 0.15) is 44.4 Å². The molecule has 1 heteroatoms. The fourth-order valence-electron chi connectivity index (χ4n) is 7.17. The SMILES string of the molecule is Cc1cc2c3c(cccc3c1)C(C)(C)B(c1c(-c3ccccc3)cccc1-c1ccccc1)C2(C)C. The van der Waals surface area contributed by atoms with Crippen LogP contribution < -0.4 is 5.46 Å². The Hall–Kier alpha value is -3.58. The van der Waals surface area contributed by atoms with Gasteiger partial charge < -0.3 is 0 Å². The average Bonchev–Trinajstić information content (AvgIpc) is 2.88. The van der Waals surface area contributed by atoms with Crippen LogP contribution in [0.3, 0.4) is 0 Å². The molecule has 5 aromatic rings. The lowest BCUT2D eigenvalue weighted by atomic mass is 9.16. The van der Waals surface area contributed by atoms with Gasteiger partial charge >= 0.3 is 0 Å². The predicted octanol–water partition coefficient (Wildman–Crippen LogP) is 8.53. The van der Waals surface area contributed by atoms with E-state index in [4.69, 9.17) is 0 Å². The molecule has 0 atom stereocenters. The van der Waals surface area contributed by atoms with E-state index >= 15 is 0 Å². The highest BCUT2D eigenvalue weighted by molar-refractivity contribution is 6.81. The molecule has 0 spiro atoms. The first-order chi connectivity index (χ1) is 17.3. The summed E-state index contributed by atoms with van der Waals surface area (Å²) in [6.45, 7) is 12.4. The Balaban J connectivity index is 1.73. The topological polar surface area (TPSA) is 0 Å². The molecule has 0 nitrogen and oxygen atoms in total. The fourth-order valence-corrected chi connectivity index (χ4v) is 7.17. The molecule has 1 aliphatic rings. The van der Waals surface area contributed by atoms with Gasteiger partial charge in [0.1, 0.15) is 0 Å². The summed E-state index contributed by atoms with van der Waals surface area (Å²) in [6, 6.07) is 40.5. The van der Waals surface area contributed by atoms with Crippen molar-refractivity contribution >= 4 is 22.9 Å². The molecule has 0 radical (unpaired) electrons. The van der Waals surface area contributed by atoms with E-state index in [2.05, 4.69) is 144 Å². The molecule has 0 aliphatic carbocycles. The molecule has 0 N–H and O–H groups in total. The maximum absolute atomic E-state index is 2.47. The number of hydrogen-bond donors (Lipinski definition) is 0. The molecule has 0 saturated carbocycles. The van der Waals surface area contributed by atoms with Crippen molar-refractivity contribution in [3.8, 4) is 22.3 Å². The quantitative estimate of drug-likeness (QED) is 0.235. The van der Waals surface area contributed by atoms with Crippen molar-refractivity contribution in [2.75, 3.05) is 0 Å². The Kier molecular flexibility index (Phi) is 5.23. The zero-order valence-electron chi connectivity index (χ0n) is 22.0. The number of benzene rings is 5. The smallest absolute Gasteiger partial charge is 0.0628 e. The molecule has 5 aromatic carbocycles. The standard InChI is InChI=1S/C35H33B/c1-24-22-27-18-12-21-30-32(27)31(23-24)35(4,5)36(34(30,2)3)33-28(25-14-8-6-9-15-25)19-13-20-29(33)26-16-10-7-11-17-26/h6-23H,1-5H3. The van der Waals surface area contributed by atoms with Gasteiger partial charge in [-0.1, -0.05) is 148 Å². The summed E-state index contributed by atoms with van der Waals surface area (Å²) in [5.41, 5.74) is 11.0. The maximum Gasteiger partial charge on any atom is 0.198 e. The fraction of sp³-hybridized carbons (Fsp3) is 0.200. The van der Waals surface area contributed by atoms with Crippen LogP contribution in [-0.4, -0.2) is 6.71 Å². The summed E-state index contributed by atoms with van der Waals surface area (Å²) in [5.74, 6) is 0. The molecular weight excluding hydrogens is 431 g/mol. The molecule has 0 aromatic heterocycles. The Labute approximate surface area is 216 Å². The van der Waals surface area contributed by atoms with Gasteiger partial charge in [-0.25, -0.2) is 0 Å². The van der Waals surface area contributed by atoms with Crippen LogP contribution in [-0.2, 0) is 10.6 Å². The predicted molar refractivity (Wildman–Crippen MR) is 157 cm³/mol. The van der Waals surface area contributed by atoms with Crippen molar-refractivity contribution in [1.82, 2.24) is 0 Å². The third kappa shape index (κ3) is 3.37. The molecule has 0 saturated heterocycles. The summed E-state index contributed by atoms with van der Waals surface area (Å²) >= 11 is 0. The van der Waals surface area contributed by atoms with Gasteiger partial charge in [0.15, 0.2) is 6.71 Å². The first-order valence-electron chi connectivity index (χ1n) is 13.1. The molecule has 36 heavy (non-hydrogen) atoms. The molecule has 1 heterocycles. The minimum atomic E-state index is -0.0729.